The minimum atomic E-state index is 0.734. The van der Waals surface area contributed by atoms with Gasteiger partial charge in [0.1, 0.15) is 0 Å². The SMILES string of the molecule is CC[C@@H]1COCC[C@@H]1NC1CC2CCC[C@@H]2C1. The fourth-order valence-electron chi connectivity index (χ4n) is 4.42. The first-order valence-corrected chi connectivity index (χ1v) is 7.70. The van der Waals surface area contributed by atoms with Crippen molar-refractivity contribution >= 4 is 0 Å². The first-order valence-electron chi connectivity index (χ1n) is 7.70. The van der Waals surface area contributed by atoms with Crippen LogP contribution >= 0.6 is 0 Å². The summed E-state index contributed by atoms with van der Waals surface area (Å²) in [6, 6.07) is 1.56. The van der Waals surface area contributed by atoms with Crippen molar-refractivity contribution < 1.29 is 4.74 Å². The Morgan fingerprint density at radius 1 is 1.12 bits per heavy atom. The maximum atomic E-state index is 5.60. The van der Waals surface area contributed by atoms with Crippen molar-refractivity contribution in [3.63, 3.8) is 0 Å². The molecule has 2 aliphatic carbocycles. The summed E-state index contributed by atoms with van der Waals surface area (Å²) in [6.45, 7) is 4.25. The lowest BCUT2D eigenvalue weighted by atomic mass is 9.92. The predicted octanol–water partition coefficient (Wildman–Crippen LogP) is 2.97. The summed E-state index contributed by atoms with van der Waals surface area (Å²) in [5.41, 5.74) is 0. The van der Waals surface area contributed by atoms with E-state index >= 15 is 0 Å². The van der Waals surface area contributed by atoms with Crippen LogP contribution in [0.15, 0.2) is 0 Å². The molecule has 1 N–H and O–H groups in total. The number of hydrogen-bond donors (Lipinski definition) is 1. The van der Waals surface area contributed by atoms with E-state index in [1.807, 2.05) is 0 Å². The van der Waals surface area contributed by atoms with Crippen LogP contribution in [0.5, 0.6) is 0 Å². The standard InChI is InChI=1S/C15H27NO/c1-2-11-10-17-7-6-15(11)16-14-8-12-4-3-5-13(12)9-14/h11-16H,2-10H2,1H3/t11-,12-,13?,14?,15+/m1/s1. The maximum Gasteiger partial charge on any atom is 0.0509 e. The molecule has 1 aliphatic heterocycles. The maximum absolute atomic E-state index is 5.60. The van der Waals surface area contributed by atoms with Crippen LogP contribution in [0.25, 0.3) is 0 Å². The molecule has 0 radical (unpaired) electrons. The van der Waals surface area contributed by atoms with Gasteiger partial charge in [-0.25, -0.2) is 0 Å². The third kappa shape index (κ3) is 2.53. The van der Waals surface area contributed by atoms with Gasteiger partial charge in [-0.05, 0) is 43.4 Å². The van der Waals surface area contributed by atoms with Crippen LogP contribution in [0.3, 0.4) is 0 Å². The minimum Gasteiger partial charge on any atom is -0.381 e. The molecule has 2 heteroatoms. The van der Waals surface area contributed by atoms with Crippen LogP contribution in [-0.2, 0) is 4.74 Å². The zero-order chi connectivity index (χ0) is 11.7. The Bertz CT molecular complexity index is 243. The largest absolute Gasteiger partial charge is 0.381 e. The Balaban J connectivity index is 1.52. The number of ether oxygens (including phenoxy) is 1. The highest BCUT2D eigenvalue weighted by Gasteiger charge is 2.38. The quantitative estimate of drug-likeness (QED) is 0.815. The zero-order valence-corrected chi connectivity index (χ0v) is 11.2. The first kappa shape index (κ1) is 12.0. The second-order valence-corrected chi connectivity index (χ2v) is 6.42. The van der Waals surface area contributed by atoms with E-state index in [2.05, 4.69) is 12.2 Å². The average molecular weight is 237 g/mol. The van der Waals surface area contributed by atoms with E-state index in [0.29, 0.717) is 0 Å². The van der Waals surface area contributed by atoms with Crippen LogP contribution in [0.4, 0.5) is 0 Å². The van der Waals surface area contributed by atoms with Crippen LogP contribution in [0, 0.1) is 17.8 Å². The number of hydrogen-bond acceptors (Lipinski definition) is 2. The Morgan fingerprint density at radius 3 is 2.59 bits per heavy atom. The molecule has 0 aromatic rings. The Kier molecular flexibility index (Phi) is 3.72. The van der Waals surface area contributed by atoms with Gasteiger partial charge in [0.2, 0.25) is 0 Å². The molecule has 0 spiro atoms. The fraction of sp³-hybridized carbons (Fsp3) is 1.00. The third-order valence-electron chi connectivity index (χ3n) is 5.44. The summed E-state index contributed by atoms with van der Waals surface area (Å²) in [4.78, 5) is 0. The minimum absolute atomic E-state index is 0.734. The van der Waals surface area contributed by atoms with Crippen molar-refractivity contribution in [2.24, 2.45) is 17.8 Å². The number of fused-ring (bicyclic) bond motifs is 1. The molecule has 0 bridgehead atoms. The highest BCUT2D eigenvalue weighted by Crippen LogP contribution is 2.44. The number of rotatable bonds is 3. The molecular weight excluding hydrogens is 210 g/mol. The van der Waals surface area contributed by atoms with Gasteiger partial charge in [-0.2, -0.15) is 0 Å². The first-order chi connectivity index (χ1) is 8.36. The highest BCUT2D eigenvalue weighted by molar-refractivity contribution is 4.93. The molecule has 0 aromatic heterocycles. The molecule has 3 rings (SSSR count). The van der Waals surface area contributed by atoms with Crippen molar-refractivity contribution in [2.75, 3.05) is 13.2 Å². The lowest BCUT2D eigenvalue weighted by molar-refractivity contribution is 0.0272. The van der Waals surface area contributed by atoms with Crippen LogP contribution in [0.1, 0.15) is 51.9 Å². The summed E-state index contributed by atoms with van der Waals surface area (Å²) in [6.07, 6.45) is 9.91. The molecule has 2 nitrogen and oxygen atoms in total. The van der Waals surface area contributed by atoms with E-state index in [1.165, 1.54) is 44.9 Å². The van der Waals surface area contributed by atoms with Crippen LogP contribution in [-0.4, -0.2) is 25.3 Å². The van der Waals surface area contributed by atoms with Gasteiger partial charge >= 0.3 is 0 Å². The van der Waals surface area contributed by atoms with Gasteiger partial charge in [0.05, 0.1) is 6.61 Å². The van der Waals surface area contributed by atoms with E-state index in [0.717, 1.165) is 43.1 Å². The third-order valence-corrected chi connectivity index (χ3v) is 5.44. The summed E-state index contributed by atoms with van der Waals surface area (Å²) in [5, 5.41) is 3.97. The van der Waals surface area contributed by atoms with Gasteiger partial charge in [0.25, 0.3) is 0 Å². The van der Waals surface area contributed by atoms with Gasteiger partial charge in [0, 0.05) is 18.7 Å². The second kappa shape index (κ2) is 5.27. The molecule has 5 atom stereocenters. The molecule has 3 fully saturated rings. The summed E-state index contributed by atoms with van der Waals surface area (Å²) >= 11 is 0. The molecular formula is C15H27NO. The van der Waals surface area contributed by atoms with E-state index in [-0.39, 0.29) is 0 Å². The molecule has 17 heavy (non-hydrogen) atoms. The molecule has 0 aromatic carbocycles. The fourth-order valence-corrected chi connectivity index (χ4v) is 4.42. The summed E-state index contributed by atoms with van der Waals surface area (Å²) in [5.74, 6) is 2.88. The highest BCUT2D eigenvalue weighted by atomic mass is 16.5. The topological polar surface area (TPSA) is 21.3 Å². The van der Waals surface area contributed by atoms with Gasteiger partial charge < -0.3 is 10.1 Å². The molecule has 2 saturated carbocycles. The molecule has 0 amide bonds. The predicted molar refractivity (Wildman–Crippen MR) is 70.0 cm³/mol. The Hall–Kier alpha value is -0.0800. The van der Waals surface area contributed by atoms with Crippen molar-refractivity contribution in [3.8, 4) is 0 Å². The lowest BCUT2D eigenvalue weighted by Gasteiger charge is -2.34. The van der Waals surface area contributed by atoms with Crippen molar-refractivity contribution in [2.45, 2.75) is 64.0 Å². The van der Waals surface area contributed by atoms with E-state index in [4.69, 9.17) is 4.74 Å². The number of nitrogens with one attached hydrogen (secondary N) is 1. The second-order valence-electron chi connectivity index (χ2n) is 6.42. The monoisotopic (exact) mass is 237 g/mol. The average Bonchev–Trinajstić information content (AvgIpc) is 2.90. The van der Waals surface area contributed by atoms with Crippen molar-refractivity contribution in [3.05, 3.63) is 0 Å². The van der Waals surface area contributed by atoms with Gasteiger partial charge in [-0.1, -0.05) is 26.2 Å². The van der Waals surface area contributed by atoms with Crippen molar-refractivity contribution in [1.82, 2.24) is 5.32 Å². The molecule has 3 aliphatic rings. The Labute approximate surface area is 105 Å². The van der Waals surface area contributed by atoms with Gasteiger partial charge in [-0.3, -0.25) is 0 Å². The van der Waals surface area contributed by atoms with Gasteiger partial charge in [0.15, 0.2) is 0 Å². The molecule has 1 heterocycles. The zero-order valence-electron chi connectivity index (χ0n) is 11.2. The molecule has 2 unspecified atom stereocenters. The Morgan fingerprint density at radius 2 is 1.88 bits per heavy atom. The van der Waals surface area contributed by atoms with Crippen LogP contribution in [0.2, 0.25) is 0 Å². The van der Waals surface area contributed by atoms with E-state index < -0.39 is 0 Å². The lowest BCUT2D eigenvalue weighted by Crippen LogP contribution is -2.46. The van der Waals surface area contributed by atoms with E-state index in [9.17, 15) is 0 Å². The van der Waals surface area contributed by atoms with Gasteiger partial charge in [-0.15, -0.1) is 0 Å². The summed E-state index contributed by atoms with van der Waals surface area (Å²) in [7, 11) is 0. The van der Waals surface area contributed by atoms with E-state index in [1.54, 1.807) is 0 Å². The molecule has 98 valence electrons. The van der Waals surface area contributed by atoms with Crippen molar-refractivity contribution in [1.29, 1.82) is 0 Å². The smallest absolute Gasteiger partial charge is 0.0509 e. The molecule has 1 saturated heterocycles. The summed E-state index contributed by atoms with van der Waals surface area (Å²) < 4.78 is 5.60. The normalized spacial score (nSPS) is 46.1. The van der Waals surface area contributed by atoms with Crippen LogP contribution < -0.4 is 5.32 Å².